The number of hydrogen-bond acceptors (Lipinski definition) is 5. The minimum Gasteiger partial charge on any atom is -0.490 e. The van der Waals surface area contributed by atoms with Gasteiger partial charge in [0.1, 0.15) is 17.6 Å². The van der Waals surface area contributed by atoms with Crippen LogP contribution in [0, 0.1) is 13.8 Å². The zero-order chi connectivity index (χ0) is 19.4. The summed E-state index contributed by atoms with van der Waals surface area (Å²) in [5, 5.41) is 1.25. The third-order valence-electron chi connectivity index (χ3n) is 4.44. The highest BCUT2D eigenvalue weighted by atomic mass is 32.2. The summed E-state index contributed by atoms with van der Waals surface area (Å²) in [6, 6.07) is 10.6. The Hall–Kier alpha value is -2.38. The van der Waals surface area contributed by atoms with E-state index in [9.17, 15) is 13.2 Å². The topological polar surface area (TPSA) is 76.8 Å². The van der Waals surface area contributed by atoms with Gasteiger partial charge in [0.15, 0.2) is 0 Å². The van der Waals surface area contributed by atoms with Crippen LogP contribution in [0.4, 0.5) is 0 Å². The molecule has 0 atom stereocenters. The lowest BCUT2D eigenvalue weighted by Gasteiger charge is -2.30. The molecule has 1 aliphatic heterocycles. The van der Waals surface area contributed by atoms with Crippen molar-refractivity contribution < 1.29 is 17.6 Å². The lowest BCUT2D eigenvalue weighted by molar-refractivity contribution is 0.134. The SMILES string of the molecule is Cc1ccc(/C=C/S(=O)(=O)N2CCC(Oc3cc(C)oc(=O)c3)CC2)cc1. The third-order valence-corrected chi connectivity index (χ3v) is 6.01. The Morgan fingerprint density at radius 2 is 1.78 bits per heavy atom. The average Bonchev–Trinajstić information content (AvgIpc) is 2.61. The molecule has 1 aromatic heterocycles. The molecular weight excluding hydrogens is 366 g/mol. The monoisotopic (exact) mass is 389 g/mol. The summed E-state index contributed by atoms with van der Waals surface area (Å²) in [5.41, 5.74) is 1.52. The minimum absolute atomic E-state index is 0.126. The van der Waals surface area contributed by atoms with E-state index in [2.05, 4.69) is 0 Å². The molecule has 1 aromatic carbocycles. The molecule has 144 valence electrons. The molecule has 0 N–H and O–H groups in total. The van der Waals surface area contributed by atoms with Gasteiger partial charge in [0.25, 0.3) is 0 Å². The molecule has 0 unspecified atom stereocenters. The van der Waals surface area contributed by atoms with Crippen LogP contribution < -0.4 is 10.4 Å². The molecule has 2 heterocycles. The van der Waals surface area contributed by atoms with Crippen molar-refractivity contribution in [2.45, 2.75) is 32.8 Å². The molecule has 0 spiro atoms. The molecule has 2 aromatic rings. The summed E-state index contributed by atoms with van der Waals surface area (Å²) in [7, 11) is -3.47. The minimum atomic E-state index is -3.47. The van der Waals surface area contributed by atoms with Crippen LogP contribution in [0.1, 0.15) is 29.7 Å². The van der Waals surface area contributed by atoms with Crippen LogP contribution in [-0.2, 0) is 10.0 Å². The Kier molecular flexibility index (Phi) is 5.82. The van der Waals surface area contributed by atoms with Crippen LogP contribution >= 0.6 is 0 Å². The Morgan fingerprint density at radius 3 is 2.41 bits per heavy atom. The van der Waals surface area contributed by atoms with Gasteiger partial charge >= 0.3 is 5.63 Å². The van der Waals surface area contributed by atoms with E-state index in [4.69, 9.17) is 9.15 Å². The number of hydrogen-bond donors (Lipinski definition) is 0. The second-order valence-electron chi connectivity index (χ2n) is 6.70. The van der Waals surface area contributed by atoms with Gasteiger partial charge in [-0.1, -0.05) is 29.8 Å². The van der Waals surface area contributed by atoms with E-state index >= 15 is 0 Å². The highest BCUT2D eigenvalue weighted by molar-refractivity contribution is 7.92. The van der Waals surface area contributed by atoms with E-state index < -0.39 is 15.6 Å². The average molecular weight is 389 g/mol. The van der Waals surface area contributed by atoms with E-state index in [1.807, 2.05) is 31.2 Å². The molecule has 1 aliphatic rings. The second kappa shape index (κ2) is 8.10. The lowest BCUT2D eigenvalue weighted by atomic mass is 10.1. The van der Waals surface area contributed by atoms with Crippen molar-refractivity contribution in [2.24, 2.45) is 0 Å². The second-order valence-corrected chi connectivity index (χ2v) is 8.52. The van der Waals surface area contributed by atoms with E-state index in [1.54, 1.807) is 19.1 Å². The van der Waals surface area contributed by atoms with Gasteiger partial charge < -0.3 is 9.15 Å². The molecule has 0 bridgehead atoms. The van der Waals surface area contributed by atoms with Crippen LogP contribution in [0.2, 0.25) is 0 Å². The standard InChI is InChI=1S/C20H23NO5S/c1-15-3-5-17(6-4-15)9-12-27(23,24)21-10-7-18(8-11-21)26-19-13-16(2)25-20(22)14-19/h3-6,9,12-14,18H,7-8,10-11H2,1-2H3/b12-9+. The van der Waals surface area contributed by atoms with Crippen LogP contribution in [0.25, 0.3) is 6.08 Å². The van der Waals surface area contributed by atoms with Crippen LogP contribution in [0.3, 0.4) is 0 Å². The predicted molar refractivity (Wildman–Crippen MR) is 104 cm³/mol. The van der Waals surface area contributed by atoms with Crippen LogP contribution in [0.15, 0.2) is 51.0 Å². The maximum Gasteiger partial charge on any atom is 0.339 e. The first kappa shape index (κ1) is 19.4. The Morgan fingerprint density at radius 1 is 1.11 bits per heavy atom. The maximum atomic E-state index is 12.5. The van der Waals surface area contributed by atoms with Crippen molar-refractivity contribution in [2.75, 3.05) is 13.1 Å². The highest BCUT2D eigenvalue weighted by Gasteiger charge is 2.27. The quantitative estimate of drug-likeness (QED) is 0.785. The van der Waals surface area contributed by atoms with Gasteiger partial charge in [-0.05, 0) is 38.3 Å². The largest absolute Gasteiger partial charge is 0.490 e. The number of benzene rings is 1. The highest BCUT2D eigenvalue weighted by Crippen LogP contribution is 2.21. The fourth-order valence-corrected chi connectivity index (χ4v) is 4.19. The van der Waals surface area contributed by atoms with Gasteiger partial charge in [-0.25, -0.2) is 13.2 Å². The molecule has 1 saturated heterocycles. The molecule has 0 amide bonds. The maximum absolute atomic E-state index is 12.5. The van der Waals surface area contributed by atoms with Crippen LogP contribution in [-0.4, -0.2) is 31.9 Å². The normalized spacial score (nSPS) is 16.7. The van der Waals surface area contributed by atoms with Gasteiger partial charge in [-0.15, -0.1) is 0 Å². The molecular formula is C20H23NO5S. The first-order chi connectivity index (χ1) is 12.8. The van der Waals surface area contributed by atoms with Crippen molar-refractivity contribution in [3.05, 3.63) is 69.1 Å². The number of rotatable bonds is 5. The van der Waals surface area contributed by atoms with E-state index in [0.717, 1.165) is 11.1 Å². The summed E-state index contributed by atoms with van der Waals surface area (Å²) >= 11 is 0. The lowest BCUT2D eigenvalue weighted by Crippen LogP contribution is -2.40. The van der Waals surface area contributed by atoms with Crippen molar-refractivity contribution >= 4 is 16.1 Å². The molecule has 3 rings (SSSR count). The predicted octanol–water partition coefficient (Wildman–Crippen LogP) is 3.10. The fraction of sp³-hybridized carbons (Fsp3) is 0.350. The number of piperidine rings is 1. The van der Waals surface area contributed by atoms with Crippen molar-refractivity contribution in [1.82, 2.24) is 4.31 Å². The summed E-state index contributed by atoms with van der Waals surface area (Å²) in [6.45, 7) is 4.43. The third kappa shape index (κ3) is 5.30. The summed E-state index contributed by atoms with van der Waals surface area (Å²) < 4.78 is 37.2. The summed E-state index contributed by atoms with van der Waals surface area (Å²) in [5.74, 6) is 0.947. The first-order valence-electron chi connectivity index (χ1n) is 8.85. The molecule has 0 radical (unpaired) electrons. The van der Waals surface area contributed by atoms with E-state index in [0.29, 0.717) is 37.4 Å². The smallest absolute Gasteiger partial charge is 0.339 e. The molecule has 6 nitrogen and oxygen atoms in total. The van der Waals surface area contributed by atoms with Crippen LogP contribution in [0.5, 0.6) is 5.75 Å². The molecule has 0 aliphatic carbocycles. The Balaban J connectivity index is 1.59. The zero-order valence-electron chi connectivity index (χ0n) is 15.4. The summed E-state index contributed by atoms with van der Waals surface area (Å²) in [6.07, 6.45) is 2.62. The molecule has 7 heteroatoms. The van der Waals surface area contributed by atoms with Gasteiger partial charge in [0.05, 0.1) is 6.07 Å². The Bertz CT molecular complexity index is 968. The van der Waals surface area contributed by atoms with Crippen molar-refractivity contribution in [3.8, 4) is 5.75 Å². The summed E-state index contributed by atoms with van der Waals surface area (Å²) in [4.78, 5) is 11.4. The molecule has 27 heavy (non-hydrogen) atoms. The Labute approximate surface area is 159 Å². The van der Waals surface area contributed by atoms with Crippen molar-refractivity contribution in [3.63, 3.8) is 0 Å². The molecule has 0 saturated carbocycles. The van der Waals surface area contributed by atoms with E-state index in [1.165, 1.54) is 15.8 Å². The number of sulfonamides is 1. The first-order valence-corrected chi connectivity index (χ1v) is 10.4. The number of aryl methyl sites for hydroxylation is 2. The van der Waals surface area contributed by atoms with Gasteiger partial charge in [-0.3, -0.25) is 0 Å². The number of nitrogens with zero attached hydrogens (tertiary/aromatic N) is 1. The number of ether oxygens (including phenoxy) is 1. The van der Waals surface area contributed by atoms with Crippen molar-refractivity contribution in [1.29, 1.82) is 0 Å². The van der Waals surface area contributed by atoms with Gasteiger partial charge in [-0.2, -0.15) is 4.31 Å². The van der Waals surface area contributed by atoms with E-state index in [-0.39, 0.29) is 6.10 Å². The fourth-order valence-electron chi connectivity index (χ4n) is 2.97. The van der Waals surface area contributed by atoms with Gasteiger partial charge in [0.2, 0.25) is 10.0 Å². The zero-order valence-corrected chi connectivity index (χ0v) is 16.2. The van der Waals surface area contributed by atoms with Gasteiger partial charge in [0, 0.05) is 24.6 Å². The molecule has 1 fully saturated rings.